The Morgan fingerprint density at radius 1 is 0.750 bits per heavy atom. The normalized spacial score (nSPS) is 15.5. The predicted octanol–water partition coefficient (Wildman–Crippen LogP) is 5.99. The molecular formula is C22H19NO. The first-order chi connectivity index (χ1) is 11.6. The first kappa shape index (κ1) is 13.7. The molecule has 0 amide bonds. The van der Waals surface area contributed by atoms with Crippen LogP contribution >= 0.6 is 0 Å². The van der Waals surface area contributed by atoms with Gasteiger partial charge in [-0.15, -0.1) is 0 Å². The standard InChI is InChI=1S/C22H19NO/c1-22(2)16-9-5-6-10-18(16)23(3)19-13-21-15(12-17(19)22)14-8-4-7-11-20(14)24-21/h4-13H,1-3H3. The van der Waals surface area contributed by atoms with E-state index in [1.54, 1.807) is 0 Å². The molecule has 2 heteroatoms. The minimum atomic E-state index is -0.0367. The van der Waals surface area contributed by atoms with Crippen LogP contribution in [0.4, 0.5) is 11.4 Å². The zero-order valence-electron chi connectivity index (χ0n) is 14.1. The van der Waals surface area contributed by atoms with Crippen LogP contribution in [-0.2, 0) is 5.41 Å². The third-order valence-electron chi connectivity index (χ3n) is 5.47. The highest BCUT2D eigenvalue weighted by Crippen LogP contribution is 2.50. The molecule has 0 saturated carbocycles. The van der Waals surface area contributed by atoms with E-state index in [2.05, 4.69) is 74.3 Å². The van der Waals surface area contributed by atoms with E-state index in [-0.39, 0.29) is 5.41 Å². The molecular weight excluding hydrogens is 294 g/mol. The Kier molecular flexibility index (Phi) is 2.52. The molecule has 1 aromatic heterocycles. The van der Waals surface area contributed by atoms with Crippen LogP contribution in [0.2, 0.25) is 0 Å². The molecule has 3 aromatic carbocycles. The number of anilines is 2. The van der Waals surface area contributed by atoms with Gasteiger partial charge in [-0.2, -0.15) is 0 Å². The zero-order valence-corrected chi connectivity index (χ0v) is 14.1. The highest BCUT2D eigenvalue weighted by molar-refractivity contribution is 6.07. The molecule has 5 rings (SSSR count). The fourth-order valence-corrected chi connectivity index (χ4v) is 4.11. The van der Waals surface area contributed by atoms with Crippen molar-refractivity contribution in [1.29, 1.82) is 0 Å². The molecule has 0 spiro atoms. The number of benzene rings is 3. The Bertz CT molecular complexity index is 1100. The Labute approximate surface area is 141 Å². The molecule has 0 unspecified atom stereocenters. The van der Waals surface area contributed by atoms with Crippen LogP contribution in [0.3, 0.4) is 0 Å². The molecule has 0 atom stereocenters. The van der Waals surface area contributed by atoms with Crippen molar-refractivity contribution in [3.05, 3.63) is 71.8 Å². The molecule has 0 radical (unpaired) electrons. The molecule has 2 nitrogen and oxygen atoms in total. The summed E-state index contributed by atoms with van der Waals surface area (Å²) >= 11 is 0. The quantitative estimate of drug-likeness (QED) is 0.396. The Morgan fingerprint density at radius 2 is 1.50 bits per heavy atom. The van der Waals surface area contributed by atoms with Gasteiger partial charge in [-0.05, 0) is 29.3 Å². The van der Waals surface area contributed by atoms with E-state index in [4.69, 9.17) is 4.42 Å². The van der Waals surface area contributed by atoms with Crippen LogP contribution in [0, 0.1) is 0 Å². The third kappa shape index (κ3) is 1.60. The monoisotopic (exact) mass is 313 g/mol. The van der Waals surface area contributed by atoms with Gasteiger partial charge in [0, 0.05) is 40.7 Å². The number of fused-ring (bicyclic) bond motifs is 5. The fraction of sp³-hybridized carbons (Fsp3) is 0.182. The van der Waals surface area contributed by atoms with Crippen molar-refractivity contribution in [1.82, 2.24) is 0 Å². The maximum Gasteiger partial charge on any atom is 0.137 e. The van der Waals surface area contributed by atoms with Crippen LogP contribution in [0.1, 0.15) is 25.0 Å². The maximum atomic E-state index is 6.10. The van der Waals surface area contributed by atoms with Gasteiger partial charge in [-0.3, -0.25) is 0 Å². The van der Waals surface area contributed by atoms with Gasteiger partial charge < -0.3 is 9.32 Å². The van der Waals surface area contributed by atoms with E-state index in [9.17, 15) is 0 Å². The predicted molar refractivity (Wildman–Crippen MR) is 100 cm³/mol. The summed E-state index contributed by atoms with van der Waals surface area (Å²) in [6.45, 7) is 4.62. The van der Waals surface area contributed by atoms with Gasteiger partial charge in [0.1, 0.15) is 11.2 Å². The minimum absolute atomic E-state index is 0.0367. The molecule has 0 bridgehead atoms. The summed E-state index contributed by atoms with van der Waals surface area (Å²) < 4.78 is 6.10. The van der Waals surface area contributed by atoms with Crippen LogP contribution in [0.5, 0.6) is 0 Å². The first-order valence-corrected chi connectivity index (χ1v) is 8.36. The number of rotatable bonds is 0. The van der Waals surface area contributed by atoms with Crippen molar-refractivity contribution in [2.45, 2.75) is 19.3 Å². The van der Waals surface area contributed by atoms with Gasteiger partial charge in [-0.1, -0.05) is 50.2 Å². The van der Waals surface area contributed by atoms with Crippen LogP contribution in [0.25, 0.3) is 21.9 Å². The van der Waals surface area contributed by atoms with Crippen molar-refractivity contribution < 1.29 is 4.42 Å². The molecule has 0 saturated heterocycles. The van der Waals surface area contributed by atoms with Gasteiger partial charge in [-0.25, -0.2) is 0 Å². The Hall–Kier alpha value is -2.74. The lowest BCUT2D eigenvalue weighted by molar-refractivity contribution is 0.628. The number of hydrogen-bond donors (Lipinski definition) is 0. The lowest BCUT2D eigenvalue weighted by Crippen LogP contribution is -2.30. The number of furan rings is 1. The second-order valence-corrected chi connectivity index (χ2v) is 7.16. The second kappa shape index (κ2) is 4.41. The van der Waals surface area contributed by atoms with Crippen molar-refractivity contribution in [3.63, 3.8) is 0 Å². The molecule has 2 heterocycles. The molecule has 1 aliphatic heterocycles. The van der Waals surface area contributed by atoms with Crippen molar-refractivity contribution in [2.75, 3.05) is 11.9 Å². The van der Waals surface area contributed by atoms with Crippen molar-refractivity contribution in [3.8, 4) is 0 Å². The highest BCUT2D eigenvalue weighted by atomic mass is 16.3. The molecule has 0 fully saturated rings. The second-order valence-electron chi connectivity index (χ2n) is 7.16. The van der Waals surface area contributed by atoms with Gasteiger partial charge >= 0.3 is 0 Å². The van der Waals surface area contributed by atoms with E-state index < -0.39 is 0 Å². The summed E-state index contributed by atoms with van der Waals surface area (Å²) in [5, 5.41) is 2.39. The topological polar surface area (TPSA) is 16.4 Å². The van der Waals surface area contributed by atoms with E-state index >= 15 is 0 Å². The fourth-order valence-electron chi connectivity index (χ4n) is 4.11. The molecule has 0 aliphatic carbocycles. The van der Waals surface area contributed by atoms with Crippen LogP contribution in [0.15, 0.2) is 65.1 Å². The van der Waals surface area contributed by atoms with E-state index in [1.807, 2.05) is 12.1 Å². The minimum Gasteiger partial charge on any atom is -0.456 e. The van der Waals surface area contributed by atoms with E-state index in [0.29, 0.717) is 0 Å². The van der Waals surface area contributed by atoms with E-state index in [1.165, 1.54) is 33.3 Å². The first-order valence-electron chi connectivity index (χ1n) is 8.36. The molecule has 118 valence electrons. The lowest BCUT2D eigenvalue weighted by Gasteiger charge is -2.40. The Morgan fingerprint density at radius 3 is 2.38 bits per heavy atom. The maximum absolute atomic E-state index is 6.10. The summed E-state index contributed by atoms with van der Waals surface area (Å²) in [5.74, 6) is 0. The van der Waals surface area contributed by atoms with Gasteiger partial charge in [0.2, 0.25) is 0 Å². The van der Waals surface area contributed by atoms with Crippen molar-refractivity contribution >= 4 is 33.3 Å². The summed E-state index contributed by atoms with van der Waals surface area (Å²) in [6.07, 6.45) is 0. The molecule has 1 aliphatic rings. The average Bonchev–Trinajstić information content (AvgIpc) is 2.97. The summed E-state index contributed by atoms with van der Waals surface area (Å²) in [7, 11) is 2.14. The summed E-state index contributed by atoms with van der Waals surface area (Å²) in [5.41, 5.74) is 7.08. The van der Waals surface area contributed by atoms with Gasteiger partial charge in [0.15, 0.2) is 0 Å². The molecule has 24 heavy (non-hydrogen) atoms. The average molecular weight is 313 g/mol. The van der Waals surface area contributed by atoms with E-state index in [0.717, 1.165) is 11.2 Å². The molecule has 0 N–H and O–H groups in total. The largest absolute Gasteiger partial charge is 0.456 e. The molecule has 4 aromatic rings. The Balaban J connectivity index is 1.90. The smallest absolute Gasteiger partial charge is 0.137 e. The zero-order chi connectivity index (χ0) is 16.5. The van der Waals surface area contributed by atoms with Gasteiger partial charge in [0.05, 0.1) is 0 Å². The highest BCUT2D eigenvalue weighted by Gasteiger charge is 2.35. The number of hydrogen-bond acceptors (Lipinski definition) is 2. The van der Waals surface area contributed by atoms with Crippen molar-refractivity contribution in [2.24, 2.45) is 0 Å². The number of para-hydroxylation sites is 2. The third-order valence-corrected chi connectivity index (χ3v) is 5.47. The van der Waals surface area contributed by atoms with Crippen LogP contribution < -0.4 is 4.90 Å². The SMILES string of the molecule is CN1c2ccccc2C(C)(C)c2cc3c(cc21)oc1ccccc13. The summed E-state index contributed by atoms with van der Waals surface area (Å²) in [4.78, 5) is 2.28. The lowest BCUT2D eigenvalue weighted by atomic mass is 9.73. The van der Waals surface area contributed by atoms with Gasteiger partial charge in [0.25, 0.3) is 0 Å². The summed E-state index contributed by atoms with van der Waals surface area (Å²) in [6, 6.07) is 21.5. The number of nitrogens with zero attached hydrogens (tertiary/aromatic N) is 1. The van der Waals surface area contributed by atoms with Crippen LogP contribution in [-0.4, -0.2) is 7.05 Å².